The standard InChI is InChI=1S/C23H15Cl6N5O3/c1-11(18-33-34-19(37-18)14-8-9-15(35-2)16(10-14)36-3)12-4-6-13(7-5-12)17-30-20(22(24,25)26)32-21(31-17)23(27,28)29/h4-10H,1H2,2-3H3. The Morgan fingerprint density at radius 2 is 1.32 bits per heavy atom. The van der Waals surface area contributed by atoms with Gasteiger partial charge in [-0.1, -0.05) is 100 Å². The number of alkyl halides is 6. The summed E-state index contributed by atoms with van der Waals surface area (Å²) in [6.07, 6.45) is 0. The van der Waals surface area contributed by atoms with Gasteiger partial charge in [0.2, 0.25) is 19.4 Å². The van der Waals surface area contributed by atoms with Gasteiger partial charge in [0.15, 0.2) is 29.0 Å². The second-order valence-corrected chi connectivity index (χ2v) is 11.9. The molecule has 2 aromatic carbocycles. The first kappa shape index (κ1) is 27.7. The number of ether oxygens (including phenoxy) is 2. The van der Waals surface area contributed by atoms with Crippen molar-refractivity contribution in [3.63, 3.8) is 0 Å². The summed E-state index contributed by atoms with van der Waals surface area (Å²) in [7, 11) is 3.10. The zero-order valence-corrected chi connectivity index (χ0v) is 23.5. The molecule has 0 atom stereocenters. The van der Waals surface area contributed by atoms with Crippen molar-refractivity contribution in [1.82, 2.24) is 25.1 Å². The normalized spacial score (nSPS) is 11.9. The molecule has 4 rings (SSSR count). The maximum atomic E-state index is 5.95. The van der Waals surface area contributed by atoms with Crippen molar-refractivity contribution in [2.45, 2.75) is 7.59 Å². The Labute approximate surface area is 241 Å². The molecule has 0 saturated carbocycles. The SMILES string of the molecule is C=C(c1ccc(-c2nc(C(Cl)(Cl)Cl)nc(C(Cl)(Cl)Cl)n2)cc1)c1nnc(-c2ccc(OC)c(OC)c2)o1. The average molecular weight is 622 g/mol. The van der Waals surface area contributed by atoms with Crippen LogP contribution in [0, 0.1) is 0 Å². The van der Waals surface area contributed by atoms with Crippen molar-refractivity contribution in [2.75, 3.05) is 14.2 Å². The molecule has 0 bridgehead atoms. The van der Waals surface area contributed by atoms with Crippen LogP contribution in [0.5, 0.6) is 11.5 Å². The highest BCUT2D eigenvalue weighted by Crippen LogP contribution is 2.41. The third kappa shape index (κ3) is 6.22. The molecule has 14 heteroatoms. The summed E-state index contributed by atoms with van der Waals surface area (Å²) in [5.74, 6) is 1.39. The first-order valence-corrected chi connectivity index (χ1v) is 12.4. The Balaban J connectivity index is 1.61. The molecule has 37 heavy (non-hydrogen) atoms. The highest BCUT2D eigenvalue weighted by molar-refractivity contribution is 6.67. The molecule has 0 aliphatic carbocycles. The minimum absolute atomic E-state index is 0.142. The number of nitrogens with zero attached hydrogens (tertiary/aromatic N) is 5. The van der Waals surface area contributed by atoms with Crippen molar-refractivity contribution in [2.24, 2.45) is 0 Å². The van der Waals surface area contributed by atoms with E-state index in [0.717, 1.165) is 0 Å². The number of aromatic nitrogens is 5. The second-order valence-electron chi connectivity index (χ2n) is 7.34. The first-order valence-electron chi connectivity index (χ1n) is 10.2. The number of rotatable bonds is 6. The van der Waals surface area contributed by atoms with Gasteiger partial charge in [0.25, 0.3) is 0 Å². The van der Waals surface area contributed by atoms with E-state index in [0.29, 0.717) is 33.8 Å². The molecule has 4 aromatic rings. The Bertz CT molecular complexity index is 1420. The molecule has 0 saturated heterocycles. The molecule has 0 aliphatic rings. The second kappa shape index (κ2) is 10.8. The number of halogens is 6. The van der Waals surface area contributed by atoms with Gasteiger partial charge < -0.3 is 13.9 Å². The van der Waals surface area contributed by atoms with Crippen LogP contribution in [0.3, 0.4) is 0 Å². The van der Waals surface area contributed by atoms with E-state index in [4.69, 9.17) is 83.5 Å². The van der Waals surface area contributed by atoms with E-state index in [1.807, 2.05) is 0 Å². The smallest absolute Gasteiger partial charge is 0.250 e. The number of hydrogen-bond acceptors (Lipinski definition) is 8. The summed E-state index contributed by atoms with van der Waals surface area (Å²) in [6.45, 7) is 4.07. The maximum absolute atomic E-state index is 5.95. The van der Waals surface area contributed by atoms with Crippen molar-refractivity contribution in [3.05, 3.63) is 72.1 Å². The minimum Gasteiger partial charge on any atom is -0.493 e. The molecule has 0 N–H and O–H groups in total. The molecule has 192 valence electrons. The summed E-state index contributed by atoms with van der Waals surface area (Å²) in [5, 5.41) is 8.23. The van der Waals surface area contributed by atoms with E-state index >= 15 is 0 Å². The topological polar surface area (TPSA) is 96.1 Å². The van der Waals surface area contributed by atoms with Crippen LogP contribution in [0.4, 0.5) is 0 Å². The zero-order valence-electron chi connectivity index (χ0n) is 19.0. The lowest BCUT2D eigenvalue weighted by atomic mass is 10.1. The quantitative estimate of drug-likeness (QED) is 0.207. The third-order valence-corrected chi connectivity index (χ3v) is 5.96. The predicted octanol–water partition coefficient (Wildman–Crippen LogP) is 7.32. The maximum Gasteiger partial charge on any atom is 0.250 e. The summed E-state index contributed by atoms with van der Waals surface area (Å²) in [4.78, 5) is 12.4. The molecule has 2 aromatic heterocycles. The van der Waals surface area contributed by atoms with Gasteiger partial charge in [-0.25, -0.2) is 15.0 Å². The lowest BCUT2D eigenvalue weighted by molar-refractivity contribution is 0.355. The summed E-state index contributed by atoms with van der Waals surface area (Å²) in [5.41, 5.74) is 2.39. The van der Waals surface area contributed by atoms with Crippen LogP contribution < -0.4 is 9.47 Å². The van der Waals surface area contributed by atoms with Crippen LogP contribution >= 0.6 is 69.6 Å². The Morgan fingerprint density at radius 3 is 1.86 bits per heavy atom. The van der Waals surface area contributed by atoms with Gasteiger partial charge in [-0.05, 0) is 23.8 Å². The molecule has 0 unspecified atom stereocenters. The highest BCUT2D eigenvalue weighted by atomic mass is 35.6. The monoisotopic (exact) mass is 619 g/mol. The van der Waals surface area contributed by atoms with Crippen molar-refractivity contribution < 1.29 is 13.9 Å². The highest BCUT2D eigenvalue weighted by Gasteiger charge is 2.34. The van der Waals surface area contributed by atoms with E-state index in [1.54, 1.807) is 56.7 Å². The largest absolute Gasteiger partial charge is 0.493 e. The van der Waals surface area contributed by atoms with E-state index in [-0.39, 0.29) is 29.3 Å². The van der Waals surface area contributed by atoms with Crippen LogP contribution in [0.15, 0.2) is 53.5 Å². The molecule has 2 heterocycles. The minimum atomic E-state index is -1.96. The fraction of sp³-hybridized carbons (Fsp3) is 0.174. The van der Waals surface area contributed by atoms with Gasteiger partial charge in [0.1, 0.15) is 0 Å². The van der Waals surface area contributed by atoms with E-state index in [1.165, 1.54) is 0 Å². The van der Waals surface area contributed by atoms with Crippen LogP contribution in [0.1, 0.15) is 23.1 Å². The lowest BCUT2D eigenvalue weighted by Gasteiger charge is -2.15. The molecule has 0 amide bonds. The molecule has 0 spiro atoms. The number of hydrogen-bond donors (Lipinski definition) is 0. The lowest BCUT2D eigenvalue weighted by Crippen LogP contribution is -2.16. The first-order chi connectivity index (χ1) is 17.4. The van der Waals surface area contributed by atoms with Gasteiger partial charge in [-0.15, -0.1) is 10.2 Å². The number of benzene rings is 2. The van der Waals surface area contributed by atoms with E-state index < -0.39 is 7.59 Å². The molecule has 0 radical (unpaired) electrons. The van der Waals surface area contributed by atoms with Gasteiger partial charge >= 0.3 is 0 Å². The fourth-order valence-electron chi connectivity index (χ4n) is 3.13. The van der Waals surface area contributed by atoms with Crippen LogP contribution in [-0.4, -0.2) is 39.4 Å². The Hall–Kier alpha value is -2.33. The van der Waals surface area contributed by atoms with Gasteiger partial charge in [-0.3, -0.25) is 0 Å². The summed E-state index contributed by atoms with van der Waals surface area (Å²) >= 11 is 35.7. The Kier molecular flexibility index (Phi) is 8.09. The molecule has 0 aliphatic heterocycles. The molecule has 0 fully saturated rings. The van der Waals surface area contributed by atoms with Gasteiger partial charge in [0, 0.05) is 16.7 Å². The predicted molar refractivity (Wildman–Crippen MR) is 145 cm³/mol. The van der Waals surface area contributed by atoms with Crippen molar-refractivity contribution >= 4 is 75.2 Å². The van der Waals surface area contributed by atoms with Crippen LogP contribution in [-0.2, 0) is 7.59 Å². The Morgan fingerprint density at radius 1 is 0.757 bits per heavy atom. The fourth-order valence-corrected chi connectivity index (χ4v) is 3.64. The van der Waals surface area contributed by atoms with Gasteiger partial charge in [0.05, 0.1) is 14.2 Å². The zero-order chi connectivity index (χ0) is 27.0. The van der Waals surface area contributed by atoms with Gasteiger partial charge in [-0.2, -0.15) is 0 Å². The molecule has 8 nitrogen and oxygen atoms in total. The average Bonchev–Trinajstić information content (AvgIpc) is 3.37. The van der Waals surface area contributed by atoms with E-state index in [9.17, 15) is 0 Å². The van der Waals surface area contributed by atoms with Crippen molar-refractivity contribution in [1.29, 1.82) is 0 Å². The van der Waals surface area contributed by atoms with Crippen molar-refractivity contribution in [3.8, 4) is 34.3 Å². The summed E-state index contributed by atoms with van der Waals surface area (Å²) < 4.78 is 12.5. The van der Waals surface area contributed by atoms with Crippen LogP contribution in [0.25, 0.3) is 28.4 Å². The van der Waals surface area contributed by atoms with E-state index in [2.05, 4.69) is 31.7 Å². The molecular weight excluding hydrogens is 607 g/mol. The molecular formula is C23H15Cl6N5O3. The third-order valence-electron chi connectivity index (χ3n) is 4.95. The van der Waals surface area contributed by atoms with Crippen LogP contribution in [0.2, 0.25) is 0 Å². The number of methoxy groups -OCH3 is 2. The summed E-state index contributed by atoms with van der Waals surface area (Å²) in [6, 6.07) is 12.2.